The van der Waals surface area contributed by atoms with Gasteiger partial charge in [0.15, 0.2) is 6.29 Å². The fourth-order valence-corrected chi connectivity index (χ4v) is 1.73. The second-order valence-corrected chi connectivity index (χ2v) is 4.13. The average Bonchev–Trinajstić information content (AvgIpc) is 2.45. The van der Waals surface area contributed by atoms with E-state index in [1.54, 1.807) is 0 Å². The molecule has 2 nitrogen and oxygen atoms in total. The molecule has 0 saturated carbocycles. The molecule has 0 atom stereocenters. The zero-order valence-corrected chi connectivity index (χ0v) is 10.5. The highest BCUT2D eigenvalue weighted by Gasteiger charge is 2.12. The van der Waals surface area contributed by atoms with Crippen LogP contribution in [0.15, 0.2) is 36.4 Å². The second-order valence-electron chi connectivity index (χ2n) is 4.13. The van der Waals surface area contributed by atoms with Gasteiger partial charge in [-0.05, 0) is 24.1 Å². The molecule has 2 rings (SSSR count). The van der Waals surface area contributed by atoms with Crippen molar-refractivity contribution >= 4 is 6.08 Å². The Bertz CT molecular complexity index is 419. The second kappa shape index (κ2) is 7.71. The highest BCUT2D eigenvalue weighted by atomic mass is 16.7. The molecule has 1 saturated heterocycles. The van der Waals surface area contributed by atoms with Crippen LogP contribution in [0.5, 0.6) is 0 Å². The third-order valence-electron chi connectivity index (χ3n) is 2.66. The van der Waals surface area contributed by atoms with E-state index in [4.69, 9.17) is 9.47 Å². The highest BCUT2D eigenvalue weighted by molar-refractivity contribution is 5.52. The predicted octanol–water partition coefficient (Wildman–Crippen LogP) is 3.25. The summed E-state index contributed by atoms with van der Waals surface area (Å²) in [6, 6.07) is 10.2. The first-order valence-electron chi connectivity index (χ1n) is 6.38. The van der Waals surface area contributed by atoms with Gasteiger partial charge in [-0.1, -0.05) is 42.2 Å². The number of rotatable bonds is 3. The molecule has 1 fully saturated rings. The van der Waals surface area contributed by atoms with Gasteiger partial charge in [0.2, 0.25) is 0 Å². The summed E-state index contributed by atoms with van der Waals surface area (Å²) in [5.41, 5.74) is 1.17. The maximum atomic E-state index is 5.45. The van der Waals surface area contributed by atoms with E-state index in [2.05, 4.69) is 24.0 Å². The van der Waals surface area contributed by atoms with E-state index in [0.717, 1.165) is 32.5 Å². The summed E-state index contributed by atoms with van der Waals surface area (Å²) in [7, 11) is 0. The van der Waals surface area contributed by atoms with Crippen molar-refractivity contribution in [3.8, 4) is 11.8 Å². The number of hydrogen-bond acceptors (Lipinski definition) is 2. The van der Waals surface area contributed by atoms with Crippen molar-refractivity contribution in [1.29, 1.82) is 0 Å². The Hall–Kier alpha value is -1.56. The lowest BCUT2D eigenvalue weighted by molar-refractivity contribution is -0.180. The quantitative estimate of drug-likeness (QED) is 0.757. The Morgan fingerprint density at radius 3 is 2.72 bits per heavy atom. The van der Waals surface area contributed by atoms with Crippen LogP contribution in [0.4, 0.5) is 0 Å². The van der Waals surface area contributed by atoms with Crippen molar-refractivity contribution in [3.05, 3.63) is 42.0 Å². The van der Waals surface area contributed by atoms with Crippen molar-refractivity contribution in [2.24, 2.45) is 0 Å². The van der Waals surface area contributed by atoms with Gasteiger partial charge in [0.1, 0.15) is 0 Å². The van der Waals surface area contributed by atoms with E-state index in [1.165, 1.54) is 5.56 Å². The summed E-state index contributed by atoms with van der Waals surface area (Å²) >= 11 is 0. The van der Waals surface area contributed by atoms with Crippen LogP contribution in [0.25, 0.3) is 6.08 Å². The van der Waals surface area contributed by atoms with Crippen LogP contribution in [0.2, 0.25) is 0 Å². The van der Waals surface area contributed by atoms with Crippen molar-refractivity contribution in [3.63, 3.8) is 0 Å². The third-order valence-corrected chi connectivity index (χ3v) is 2.66. The first-order valence-corrected chi connectivity index (χ1v) is 6.38. The van der Waals surface area contributed by atoms with Crippen molar-refractivity contribution in [1.82, 2.24) is 0 Å². The molecule has 2 heteroatoms. The van der Waals surface area contributed by atoms with E-state index >= 15 is 0 Å². The van der Waals surface area contributed by atoms with Gasteiger partial charge in [-0.3, -0.25) is 0 Å². The zero-order valence-electron chi connectivity index (χ0n) is 10.5. The van der Waals surface area contributed by atoms with Gasteiger partial charge in [-0.2, -0.15) is 0 Å². The maximum Gasteiger partial charge on any atom is 0.158 e. The van der Waals surface area contributed by atoms with Gasteiger partial charge in [0.05, 0.1) is 13.2 Å². The molecule has 1 heterocycles. The molecule has 1 aromatic rings. The number of hydrogen-bond donors (Lipinski definition) is 0. The van der Waals surface area contributed by atoms with Gasteiger partial charge in [0.25, 0.3) is 0 Å². The van der Waals surface area contributed by atoms with Crippen LogP contribution in [0.3, 0.4) is 0 Å². The molecule has 1 aliphatic heterocycles. The summed E-state index contributed by atoms with van der Waals surface area (Å²) in [6.45, 7) is 1.62. The molecule has 1 aromatic carbocycles. The van der Waals surface area contributed by atoms with Crippen LogP contribution < -0.4 is 0 Å². The fourth-order valence-electron chi connectivity index (χ4n) is 1.73. The number of benzene rings is 1. The molecule has 0 radical (unpaired) electrons. The molecule has 18 heavy (non-hydrogen) atoms. The van der Waals surface area contributed by atoms with E-state index in [0.29, 0.717) is 0 Å². The first kappa shape index (κ1) is 12.9. The molecular formula is C16H18O2. The molecule has 0 bridgehead atoms. The summed E-state index contributed by atoms with van der Waals surface area (Å²) in [5, 5.41) is 0. The largest absolute Gasteiger partial charge is 0.353 e. The standard InChI is InChI=1S/C16H18O2/c1(4-9-15-10-5-3-6-11-15)2-7-12-16-17-13-8-14-18-16/h3-6,9-11,16H,7-8,12-14H2/b9-4+. The van der Waals surface area contributed by atoms with Crippen LogP contribution in [0, 0.1) is 11.8 Å². The highest BCUT2D eigenvalue weighted by Crippen LogP contribution is 2.09. The van der Waals surface area contributed by atoms with Crippen molar-refractivity contribution in [2.75, 3.05) is 13.2 Å². The van der Waals surface area contributed by atoms with Crippen LogP contribution in [0.1, 0.15) is 24.8 Å². The van der Waals surface area contributed by atoms with Crippen LogP contribution >= 0.6 is 0 Å². The molecule has 94 valence electrons. The monoisotopic (exact) mass is 242 g/mol. The van der Waals surface area contributed by atoms with Gasteiger partial charge < -0.3 is 9.47 Å². The zero-order chi connectivity index (χ0) is 12.5. The minimum Gasteiger partial charge on any atom is -0.353 e. The predicted molar refractivity (Wildman–Crippen MR) is 72.8 cm³/mol. The topological polar surface area (TPSA) is 18.5 Å². The third kappa shape index (κ3) is 4.75. The molecule has 0 N–H and O–H groups in total. The Morgan fingerprint density at radius 2 is 1.94 bits per heavy atom. The lowest BCUT2D eigenvalue weighted by Crippen LogP contribution is -2.24. The Kier molecular flexibility index (Phi) is 5.52. The smallest absolute Gasteiger partial charge is 0.158 e. The molecule has 1 aliphatic rings. The molecule has 0 spiro atoms. The molecule has 0 aromatic heterocycles. The number of allylic oxidation sites excluding steroid dienone is 1. The SMILES string of the molecule is C(#CCCC1OCCCO1)/C=C/c1ccccc1. The lowest BCUT2D eigenvalue weighted by Gasteiger charge is -2.22. The van der Waals surface area contributed by atoms with Gasteiger partial charge >= 0.3 is 0 Å². The number of ether oxygens (including phenoxy) is 2. The Labute approximate surface area is 109 Å². The minimum atomic E-state index is -0.0499. The van der Waals surface area contributed by atoms with E-state index in [1.807, 2.05) is 30.4 Å². The normalized spacial score (nSPS) is 16.4. The van der Waals surface area contributed by atoms with Crippen LogP contribution in [-0.2, 0) is 9.47 Å². The summed E-state index contributed by atoms with van der Waals surface area (Å²) in [6.07, 6.45) is 6.52. The molecule has 0 unspecified atom stereocenters. The van der Waals surface area contributed by atoms with E-state index in [-0.39, 0.29) is 6.29 Å². The maximum absolute atomic E-state index is 5.45. The molecule has 0 amide bonds. The van der Waals surface area contributed by atoms with Crippen LogP contribution in [-0.4, -0.2) is 19.5 Å². The van der Waals surface area contributed by atoms with Crippen molar-refractivity contribution in [2.45, 2.75) is 25.6 Å². The minimum absolute atomic E-state index is 0.0499. The fraction of sp³-hybridized carbons (Fsp3) is 0.375. The molecular weight excluding hydrogens is 224 g/mol. The van der Waals surface area contributed by atoms with E-state index in [9.17, 15) is 0 Å². The van der Waals surface area contributed by atoms with Crippen molar-refractivity contribution < 1.29 is 9.47 Å². The Morgan fingerprint density at radius 1 is 1.17 bits per heavy atom. The first-order chi connectivity index (χ1) is 8.95. The van der Waals surface area contributed by atoms with Gasteiger partial charge in [-0.25, -0.2) is 0 Å². The molecule has 0 aliphatic carbocycles. The summed E-state index contributed by atoms with van der Waals surface area (Å²) < 4.78 is 10.9. The summed E-state index contributed by atoms with van der Waals surface area (Å²) in [5.74, 6) is 6.14. The average molecular weight is 242 g/mol. The van der Waals surface area contributed by atoms with E-state index < -0.39 is 0 Å². The van der Waals surface area contributed by atoms with Gasteiger partial charge in [-0.15, -0.1) is 0 Å². The Balaban J connectivity index is 1.67. The van der Waals surface area contributed by atoms with Gasteiger partial charge in [0, 0.05) is 12.8 Å². The lowest BCUT2D eigenvalue weighted by atomic mass is 10.2. The summed E-state index contributed by atoms with van der Waals surface area (Å²) in [4.78, 5) is 0.